The number of carboxylic acid groups (broad SMARTS) is 1. The summed E-state index contributed by atoms with van der Waals surface area (Å²) in [6.07, 6.45) is 3.09. The fourth-order valence-electron chi connectivity index (χ4n) is 4.47. The number of hydrogen-bond donors (Lipinski definition) is 2. The van der Waals surface area contributed by atoms with Crippen molar-refractivity contribution in [1.82, 2.24) is 4.98 Å². The third kappa shape index (κ3) is 5.15. The number of rotatable bonds is 6. The first-order valence-corrected chi connectivity index (χ1v) is 11.8. The van der Waals surface area contributed by atoms with Gasteiger partial charge in [0.2, 0.25) is 0 Å². The summed E-state index contributed by atoms with van der Waals surface area (Å²) in [5.74, 6) is 1.26. The molecule has 2 aromatic carbocycles. The van der Waals surface area contributed by atoms with Crippen molar-refractivity contribution in [1.29, 1.82) is 0 Å². The zero-order valence-corrected chi connectivity index (χ0v) is 20.0. The minimum atomic E-state index is -0.899. The molecule has 0 saturated heterocycles. The SMILES string of the molecule is CN(C)c1cc(N[C@H]2CC[C@@H](CN(C(=O)O)c3ccc(Br)cc3)CC2)nc2ccccc12. The van der Waals surface area contributed by atoms with E-state index in [1.54, 1.807) is 0 Å². The van der Waals surface area contributed by atoms with Crippen LogP contribution in [0.15, 0.2) is 59.1 Å². The van der Waals surface area contributed by atoms with Gasteiger partial charge in [-0.25, -0.2) is 9.78 Å². The molecule has 0 atom stereocenters. The second-order valence-corrected chi connectivity index (χ2v) is 9.59. The van der Waals surface area contributed by atoms with Crippen LogP contribution < -0.4 is 15.1 Å². The summed E-state index contributed by atoms with van der Waals surface area (Å²) in [4.78, 5) is 20.3. The van der Waals surface area contributed by atoms with E-state index in [9.17, 15) is 9.90 Å². The van der Waals surface area contributed by atoms with Crippen LogP contribution in [0.2, 0.25) is 0 Å². The van der Waals surface area contributed by atoms with Gasteiger partial charge in [-0.1, -0.05) is 34.1 Å². The maximum absolute atomic E-state index is 11.8. The Morgan fingerprint density at radius 2 is 1.78 bits per heavy atom. The second kappa shape index (κ2) is 9.77. The largest absolute Gasteiger partial charge is 0.465 e. The molecule has 1 heterocycles. The molecule has 1 aliphatic rings. The Labute approximate surface area is 197 Å². The highest BCUT2D eigenvalue weighted by atomic mass is 79.9. The van der Waals surface area contributed by atoms with Crippen LogP contribution in [0.1, 0.15) is 25.7 Å². The van der Waals surface area contributed by atoms with E-state index >= 15 is 0 Å². The molecule has 1 amide bonds. The molecule has 0 unspecified atom stereocenters. The van der Waals surface area contributed by atoms with Gasteiger partial charge in [0.05, 0.1) is 5.52 Å². The lowest BCUT2D eigenvalue weighted by atomic mass is 9.85. The monoisotopic (exact) mass is 496 g/mol. The molecule has 168 valence electrons. The molecule has 2 N–H and O–H groups in total. The number of halogens is 1. The Morgan fingerprint density at radius 1 is 1.09 bits per heavy atom. The molecule has 4 rings (SSSR count). The summed E-state index contributed by atoms with van der Waals surface area (Å²) in [5.41, 5.74) is 2.86. The van der Waals surface area contributed by atoms with Crippen molar-refractivity contribution in [2.24, 2.45) is 5.92 Å². The molecule has 0 bridgehead atoms. The van der Waals surface area contributed by atoms with Gasteiger partial charge < -0.3 is 15.3 Å². The molecule has 32 heavy (non-hydrogen) atoms. The van der Waals surface area contributed by atoms with E-state index in [0.717, 1.165) is 58.3 Å². The predicted octanol–water partition coefficient (Wildman–Crippen LogP) is 6.22. The van der Waals surface area contributed by atoms with Gasteiger partial charge in [-0.15, -0.1) is 0 Å². The quantitative estimate of drug-likeness (QED) is 0.423. The Bertz CT molecular complexity index is 1080. The summed E-state index contributed by atoms with van der Waals surface area (Å²) < 4.78 is 0.942. The number of para-hydroxylation sites is 1. The van der Waals surface area contributed by atoms with Crippen LogP contribution in [0.3, 0.4) is 0 Å². The Morgan fingerprint density at radius 3 is 2.44 bits per heavy atom. The molecule has 7 heteroatoms. The zero-order chi connectivity index (χ0) is 22.7. The third-order valence-corrected chi connectivity index (χ3v) is 6.71. The standard InChI is InChI=1S/C25H29BrN4O2/c1-29(2)23-15-24(28-22-6-4-3-5-21(22)23)27-19-11-7-17(8-12-19)16-30(25(31)32)20-13-9-18(26)10-14-20/h3-6,9-10,13-15,17,19H,7-8,11-12,16H2,1-2H3,(H,27,28)(H,31,32)/t17-,19+. The van der Waals surface area contributed by atoms with E-state index in [1.807, 2.05) is 42.5 Å². The first-order valence-electron chi connectivity index (χ1n) is 11.0. The fourth-order valence-corrected chi connectivity index (χ4v) is 4.74. The normalized spacial score (nSPS) is 18.3. The summed E-state index contributed by atoms with van der Waals surface area (Å²) >= 11 is 3.41. The summed E-state index contributed by atoms with van der Waals surface area (Å²) in [5, 5.41) is 14.5. The van der Waals surface area contributed by atoms with Crippen molar-refractivity contribution in [2.75, 3.05) is 35.8 Å². The van der Waals surface area contributed by atoms with E-state index in [0.29, 0.717) is 18.5 Å². The van der Waals surface area contributed by atoms with Gasteiger partial charge in [0, 0.05) is 54.0 Å². The maximum Gasteiger partial charge on any atom is 0.411 e. The average molecular weight is 497 g/mol. The highest BCUT2D eigenvalue weighted by molar-refractivity contribution is 9.10. The summed E-state index contributed by atoms with van der Waals surface area (Å²) in [6.45, 7) is 0.530. The zero-order valence-electron chi connectivity index (χ0n) is 18.5. The van der Waals surface area contributed by atoms with Crippen molar-refractivity contribution < 1.29 is 9.90 Å². The van der Waals surface area contributed by atoms with E-state index < -0.39 is 6.09 Å². The van der Waals surface area contributed by atoms with Crippen LogP contribution in [0, 0.1) is 5.92 Å². The molecule has 1 aliphatic carbocycles. The van der Waals surface area contributed by atoms with Crippen LogP contribution in [-0.2, 0) is 0 Å². The Hall–Kier alpha value is -2.80. The van der Waals surface area contributed by atoms with E-state index in [4.69, 9.17) is 4.98 Å². The smallest absolute Gasteiger partial charge is 0.411 e. The highest BCUT2D eigenvalue weighted by Crippen LogP contribution is 2.31. The molecule has 6 nitrogen and oxygen atoms in total. The predicted molar refractivity (Wildman–Crippen MR) is 135 cm³/mol. The third-order valence-electron chi connectivity index (χ3n) is 6.18. The molecular formula is C25H29BrN4O2. The van der Waals surface area contributed by atoms with Crippen molar-refractivity contribution in [3.8, 4) is 0 Å². The highest BCUT2D eigenvalue weighted by Gasteiger charge is 2.26. The van der Waals surface area contributed by atoms with Crippen LogP contribution in [-0.4, -0.2) is 42.9 Å². The van der Waals surface area contributed by atoms with Crippen LogP contribution in [0.4, 0.5) is 22.0 Å². The van der Waals surface area contributed by atoms with Gasteiger partial charge in [0.15, 0.2) is 0 Å². The van der Waals surface area contributed by atoms with Gasteiger partial charge >= 0.3 is 6.09 Å². The number of anilines is 3. The maximum atomic E-state index is 11.8. The lowest BCUT2D eigenvalue weighted by Gasteiger charge is -2.32. The lowest BCUT2D eigenvalue weighted by Crippen LogP contribution is -2.37. The fraction of sp³-hybridized carbons (Fsp3) is 0.360. The lowest BCUT2D eigenvalue weighted by molar-refractivity contribution is 0.199. The molecule has 0 radical (unpaired) electrons. The number of nitrogens with one attached hydrogen (secondary N) is 1. The molecule has 3 aromatic rings. The van der Waals surface area contributed by atoms with E-state index in [-0.39, 0.29) is 0 Å². The van der Waals surface area contributed by atoms with Crippen molar-refractivity contribution in [3.63, 3.8) is 0 Å². The first kappa shape index (κ1) is 22.4. The number of amides is 1. The topological polar surface area (TPSA) is 68.7 Å². The molecule has 0 spiro atoms. The number of benzene rings is 2. The summed E-state index contributed by atoms with van der Waals surface area (Å²) in [7, 11) is 4.10. The molecule has 1 aromatic heterocycles. The van der Waals surface area contributed by atoms with E-state index in [2.05, 4.69) is 52.4 Å². The van der Waals surface area contributed by atoms with Crippen LogP contribution >= 0.6 is 15.9 Å². The van der Waals surface area contributed by atoms with Crippen LogP contribution in [0.25, 0.3) is 10.9 Å². The number of hydrogen-bond acceptors (Lipinski definition) is 4. The number of fused-ring (bicyclic) bond motifs is 1. The van der Waals surface area contributed by atoms with Crippen molar-refractivity contribution >= 4 is 50.1 Å². The van der Waals surface area contributed by atoms with Gasteiger partial charge in [-0.3, -0.25) is 4.90 Å². The summed E-state index contributed by atoms with van der Waals surface area (Å²) in [6, 6.07) is 18.1. The van der Waals surface area contributed by atoms with Gasteiger partial charge in [0.25, 0.3) is 0 Å². The van der Waals surface area contributed by atoms with Gasteiger partial charge in [-0.05, 0) is 61.9 Å². The molecule has 1 saturated carbocycles. The Balaban J connectivity index is 1.39. The van der Waals surface area contributed by atoms with Gasteiger partial charge in [-0.2, -0.15) is 0 Å². The number of carbonyl (C=O) groups is 1. The van der Waals surface area contributed by atoms with Crippen molar-refractivity contribution in [2.45, 2.75) is 31.7 Å². The van der Waals surface area contributed by atoms with E-state index in [1.165, 1.54) is 4.90 Å². The van der Waals surface area contributed by atoms with Crippen LogP contribution in [0.5, 0.6) is 0 Å². The number of nitrogens with zero attached hydrogens (tertiary/aromatic N) is 3. The second-order valence-electron chi connectivity index (χ2n) is 8.67. The Kier molecular flexibility index (Phi) is 6.84. The average Bonchev–Trinajstić information content (AvgIpc) is 2.78. The number of pyridine rings is 1. The number of aromatic nitrogens is 1. The minimum Gasteiger partial charge on any atom is -0.465 e. The van der Waals surface area contributed by atoms with Crippen molar-refractivity contribution in [3.05, 3.63) is 59.1 Å². The van der Waals surface area contributed by atoms with Gasteiger partial charge in [0.1, 0.15) is 5.82 Å². The first-order chi connectivity index (χ1) is 15.4. The minimum absolute atomic E-state index is 0.348. The molecule has 0 aliphatic heterocycles. The molecule has 1 fully saturated rings. The molecular weight excluding hydrogens is 468 g/mol.